The van der Waals surface area contributed by atoms with Crippen LogP contribution in [0.4, 0.5) is 0 Å². The lowest BCUT2D eigenvalue weighted by molar-refractivity contribution is -0.105. The van der Waals surface area contributed by atoms with Crippen LogP contribution in [0.2, 0.25) is 0 Å². The summed E-state index contributed by atoms with van der Waals surface area (Å²) in [4.78, 5) is 26.4. The van der Waals surface area contributed by atoms with Crippen molar-refractivity contribution in [2.45, 2.75) is 45.9 Å². The number of aromatic amines is 1. The molecule has 0 bridgehead atoms. The van der Waals surface area contributed by atoms with Gasteiger partial charge in [0.25, 0.3) is 5.56 Å². The van der Waals surface area contributed by atoms with E-state index < -0.39 is 0 Å². The van der Waals surface area contributed by atoms with E-state index in [0.717, 1.165) is 31.4 Å². The molecule has 0 saturated carbocycles. The highest BCUT2D eigenvalue weighted by molar-refractivity contribution is 5.65. The Morgan fingerprint density at radius 2 is 2.00 bits per heavy atom. The van der Waals surface area contributed by atoms with E-state index in [0.29, 0.717) is 23.6 Å². The Morgan fingerprint density at radius 3 is 2.62 bits per heavy atom. The van der Waals surface area contributed by atoms with Gasteiger partial charge in [0.15, 0.2) is 6.29 Å². The molecule has 1 aliphatic heterocycles. The van der Waals surface area contributed by atoms with Crippen molar-refractivity contribution in [1.82, 2.24) is 9.55 Å². The Bertz CT molecular complexity index is 814. The first-order chi connectivity index (χ1) is 11.6. The van der Waals surface area contributed by atoms with E-state index in [1.54, 1.807) is 11.5 Å². The maximum Gasteiger partial charge on any atom is 0.328 e. The molecule has 1 fully saturated rings. The molecule has 1 atom stereocenters. The Morgan fingerprint density at radius 1 is 1.25 bits per heavy atom. The molecule has 6 nitrogen and oxygen atoms in total. The van der Waals surface area contributed by atoms with Crippen molar-refractivity contribution in [3.63, 3.8) is 0 Å². The second kappa shape index (κ2) is 7.05. The summed E-state index contributed by atoms with van der Waals surface area (Å²) in [6.07, 6.45) is 2.88. The summed E-state index contributed by atoms with van der Waals surface area (Å²) in [7, 11) is 0. The fourth-order valence-corrected chi connectivity index (χ4v) is 3.06. The lowest BCUT2D eigenvalue weighted by Crippen LogP contribution is -2.32. The minimum atomic E-state index is -0.377. The van der Waals surface area contributed by atoms with E-state index in [1.807, 2.05) is 31.2 Å². The Kier molecular flexibility index (Phi) is 4.85. The van der Waals surface area contributed by atoms with Crippen molar-refractivity contribution in [1.29, 1.82) is 0 Å². The SMILES string of the molecule is CCn1c(C)c(-c2ccc(OC3CCCCO3)cc2)c(=O)[nH]c1=O. The van der Waals surface area contributed by atoms with Crippen LogP contribution in [0.25, 0.3) is 11.1 Å². The highest BCUT2D eigenvalue weighted by Gasteiger charge is 2.16. The maximum atomic E-state index is 12.2. The number of hydrogen-bond donors (Lipinski definition) is 1. The number of rotatable bonds is 4. The van der Waals surface area contributed by atoms with E-state index in [-0.39, 0.29) is 17.5 Å². The van der Waals surface area contributed by atoms with Crippen LogP contribution >= 0.6 is 0 Å². The van der Waals surface area contributed by atoms with E-state index in [2.05, 4.69) is 4.98 Å². The summed E-state index contributed by atoms with van der Waals surface area (Å²) >= 11 is 0. The molecule has 1 N–H and O–H groups in total. The summed E-state index contributed by atoms with van der Waals surface area (Å²) in [5.74, 6) is 0.712. The average Bonchev–Trinajstić information content (AvgIpc) is 2.57. The van der Waals surface area contributed by atoms with Gasteiger partial charge in [-0.05, 0) is 44.4 Å². The van der Waals surface area contributed by atoms with Gasteiger partial charge >= 0.3 is 5.69 Å². The molecule has 1 unspecified atom stereocenters. The number of H-pyrrole nitrogens is 1. The largest absolute Gasteiger partial charge is 0.465 e. The molecule has 128 valence electrons. The zero-order valence-electron chi connectivity index (χ0n) is 14.0. The minimum absolute atomic E-state index is 0.197. The van der Waals surface area contributed by atoms with Gasteiger partial charge in [-0.3, -0.25) is 14.3 Å². The molecule has 0 aliphatic carbocycles. The average molecular weight is 330 g/mol. The predicted molar refractivity (Wildman–Crippen MR) is 91.4 cm³/mol. The minimum Gasteiger partial charge on any atom is -0.465 e. The third-order valence-electron chi connectivity index (χ3n) is 4.32. The topological polar surface area (TPSA) is 73.3 Å². The number of benzene rings is 1. The number of hydrogen-bond acceptors (Lipinski definition) is 4. The van der Waals surface area contributed by atoms with Crippen molar-refractivity contribution >= 4 is 0 Å². The highest BCUT2D eigenvalue weighted by Crippen LogP contribution is 2.24. The van der Waals surface area contributed by atoms with Crippen LogP contribution in [0.1, 0.15) is 31.9 Å². The first-order valence-electron chi connectivity index (χ1n) is 8.32. The highest BCUT2D eigenvalue weighted by atomic mass is 16.7. The quantitative estimate of drug-likeness (QED) is 0.934. The third-order valence-corrected chi connectivity index (χ3v) is 4.32. The number of aromatic nitrogens is 2. The summed E-state index contributed by atoms with van der Waals surface area (Å²) < 4.78 is 12.9. The van der Waals surface area contributed by atoms with Crippen LogP contribution in [0.3, 0.4) is 0 Å². The zero-order valence-corrected chi connectivity index (χ0v) is 14.0. The van der Waals surface area contributed by atoms with Crippen LogP contribution in [0.5, 0.6) is 5.75 Å². The molecule has 1 aliphatic rings. The lowest BCUT2D eigenvalue weighted by Gasteiger charge is -2.23. The zero-order chi connectivity index (χ0) is 17.1. The van der Waals surface area contributed by atoms with Gasteiger partial charge in [0.1, 0.15) is 5.75 Å². The molecule has 0 amide bonds. The molecular formula is C18H22N2O4. The Hall–Kier alpha value is -2.34. The van der Waals surface area contributed by atoms with E-state index in [9.17, 15) is 9.59 Å². The van der Waals surface area contributed by atoms with E-state index in [1.165, 1.54) is 0 Å². The second-order valence-corrected chi connectivity index (χ2v) is 5.90. The fourth-order valence-electron chi connectivity index (χ4n) is 3.06. The predicted octanol–water partition coefficient (Wildman–Crippen LogP) is 2.44. The summed E-state index contributed by atoms with van der Waals surface area (Å²) in [5, 5.41) is 0. The number of nitrogens with zero attached hydrogens (tertiary/aromatic N) is 1. The van der Waals surface area contributed by atoms with Crippen LogP contribution in [-0.4, -0.2) is 22.4 Å². The standard InChI is InChI=1S/C18H22N2O4/c1-3-20-12(2)16(17(21)19-18(20)22)13-7-9-14(10-8-13)24-15-6-4-5-11-23-15/h7-10,15H,3-6,11H2,1-2H3,(H,19,21,22). The molecule has 1 aromatic heterocycles. The first-order valence-corrected chi connectivity index (χ1v) is 8.32. The Labute approximate surface area is 140 Å². The molecular weight excluding hydrogens is 308 g/mol. The summed E-state index contributed by atoms with van der Waals surface area (Å²) in [6, 6.07) is 7.32. The molecule has 1 aromatic carbocycles. The molecule has 2 heterocycles. The van der Waals surface area contributed by atoms with Crippen molar-refractivity contribution < 1.29 is 9.47 Å². The smallest absolute Gasteiger partial charge is 0.328 e. The molecule has 6 heteroatoms. The van der Waals surface area contributed by atoms with Gasteiger partial charge in [-0.25, -0.2) is 4.79 Å². The van der Waals surface area contributed by atoms with Gasteiger partial charge in [0.05, 0.1) is 12.2 Å². The first kappa shape index (κ1) is 16.5. The molecule has 1 saturated heterocycles. The summed E-state index contributed by atoms with van der Waals surface area (Å²) in [6.45, 7) is 4.90. The monoisotopic (exact) mass is 330 g/mol. The number of nitrogens with one attached hydrogen (secondary N) is 1. The number of ether oxygens (including phenoxy) is 2. The molecule has 0 spiro atoms. The molecule has 2 aromatic rings. The summed E-state index contributed by atoms with van der Waals surface area (Å²) in [5.41, 5.74) is 1.19. The molecule has 24 heavy (non-hydrogen) atoms. The second-order valence-electron chi connectivity index (χ2n) is 5.90. The fraction of sp³-hybridized carbons (Fsp3) is 0.444. The van der Waals surface area contributed by atoms with Gasteiger partial charge in [0.2, 0.25) is 0 Å². The van der Waals surface area contributed by atoms with E-state index >= 15 is 0 Å². The van der Waals surface area contributed by atoms with Crippen molar-refractivity contribution in [2.24, 2.45) is 0 Å². The van der Waals surface area contributed by atoms with Crippen molar-refractivity contribution in [3.8, 4) is 16.9 Å². The van der Waals surface area contributed by atoms with Crippen molar-refractivity contribution in [3.05, 3.63) is 50.8 Å². The van der Waals surface area contributed by atoms with Gasteiger partial charge in [-0.15, -0.1) is 0 Å². The molecule has 0 radical (unpaired) electrons. The van der Waals surface area contributed by atoms with Gasteiger partial charge in [0, 0.05) is 18.7 Å². The van der Waals surface area contributed by atoms with Crippen LogP contribution in [0, 0.1) is 6.92 Å². The Balaban J connectivity index is 1.88. The van der Waals surface area contributed by atoms with Crippen LogP contribution in [-0.2, 0) is 11.3 Å². The molecule has 3 rings (SSSR count). The maximum absolute atomic E-state index is 12.2. The van der Waals surface area contributed by atoms with Gasteiger partial charge in [-0.2, -0.15) is 0 Å². The lowest BCUT2D eigenvalue weighted by atomic mass is 10.1. The normalized spacial score (nSPS) is 17.7. The van der Waals surface area contributed by atoms with Gasteiger partial charge < -0.3 is 9.47 Å². The van der Waals surface area contributed by atoms with Crippen LogP contribution in [0.15, 0.2) is 33.9 Å². The van der Waals surface area contributed by atoms with E-state index in [4.69, 9.17) is 9.47 Å². The van der Waals surface area contributed by atoms with Crippen LogP contribution < -0.4 is 16.0 Å². The third kappa shape index (κ3) is 3.28. The van der Waals surface area contributed by atoms with Gasteiger partial charge in [-0.1, -0.05) is 12.1 Å². The van der Waals surface area contributed by atoms with Crippen molar-refractivity contribution in [2.75, 3.05) is 6.61 Å².